The minimum absolute atomic E-state index is 0.0534. The van der Waals surface area contributed by atoms with Gasteiger partial charge in [-0.2, -0.15) is 0 Å². The van der Waals surface area contributed by atoms with Gasteiger partial charge in [0.15, 0.2) is 17.3 Å². The van der Waals surface area contributed by atoms with E-state index in [0.29, 0.717) is 29.4 Å². The van der Waals surface area contributed by atoms with Gasteiger partial charge in [-0.3, -0.25) is 9.59 Å². The third kappa shape index (κ3) is 6.65. The smallest absolute Gasteiger partial charge is 0.273 e. The number of carbonyl (C=O) groups is 1. The third-order valence-electron chi connectivity index (χ3n) is 5.27. The molecule has 0 spiro atoms. The highest BCUT2D eigenvalue weighted by atomic mass is 16.5. The summed E-state index contributed by atoms with van der Waals surface area (Å²) in [4.78, 5) is 27.4. The minimum Gasteiger partial charge on any atom is -0.493 e. The maximum Gasteiger partial charge on any atom is 0.273 e. The van der Waals surface area contributed by atoms with E-state index in [9.17, 15) is 9.59 Å². The Morgan fingerprint density at radius 1 is 1.15 bits per heavy atom. The molecule has 2 aromatic carbocycles. The molecule has 1 aromatic heterocycles. The second-order valence-electron chi connectivity index (χ2n) is 7.92. The Bertz CT molecular complexity index is 1160. The third-order valence-corrected chi connectivity index (χ3v) is 5.27. The van der Waals surface area contributed by atoms with Crippen molar-refractivity contribution in [1.29, 1.82) is 0 Å². The SMILES string of the molecule is CCC(C)Oc1ccc(-c2nnc(CCC(=O)NCc3cccc(C)c3)c(=O)[nH]2)cc1OC. The number of rotatable bonds is 10. The first-order chi connectivity index (χ1) is 15.9. The van der Waals surface area contributed by atoms with Crippen LogP contribution in [0.4, 0.5) is 0 Å². The lowest BCUT2D eigenvalue weighted by atomic mass is 10.1. The molecule has 174 valence electrons. The van der Waals surface area contributed by atoms with Crippen molar-refractivity contribution in [3.8, 4) is 22.9 Å². The summed E-state index contributed by atoms with van der Waals surface area (Å²) in [6, 6.07) is 13.3. The first-order valence-electron chi connectivity index (χ1n) is 11.0. The maximum atomic E-state index is 12.5. The van der Waals surface area contributed by atoms with Gasteiger partial charge in [0.25, 0.3) is 5.56 Å². The molecule has 0 saturated carbocycles. The van der Waals surface area contributed by atoms with Crippen LogP contribution >= 0.6 is 0 Å². The van der Waals surface area contributed by atoms with Crippen LogP contribution in [0.25, 0.3) is 11.4 Å². The lowest BCUT2D eigenvalue weighted by Gasteiger charge is -2.16. The molecule has 8 nitrogen and oxygen atoms in total. The number of ether oxygens (including phenoxy) is 2. The Labute approximate surface area is 193 Å². The van der Waals surface area contributed by atoms with Crippen LogP contribution in [0.5, 0.6) is 11.5 Å². The van der Waals surface area contributed by atoms with E-state index >= 15 is 0 Å². The fourth-order valence-corrected chi connectivity index (χ4v) is 3.21. The summed E-state index contributed by atoms with van der Waals surface area (Å²) >= 11 is 0. The van der Waals surface area contributed by atoms with E-state index in [2.05, 4.69) is 20.5 Å². The van der Waals surface area contributed by atoms with Crippen LogP contribution in [-0.2, 0) is 17.8 Å². The average molecular weight is 451 g/mol. The van der Waals surface area contributed by atoms with Gasteiger partial charge in [-0.25, -0.2) is 0 Å². The molecular weight excluding hydrogens is 420 g/mol. The Morgan fingerprint density at radius 3 is 2.67 bits per heavy atom. The molecule has 3 aromatic rings. The monoisotopic (exact) mass is 450 g/mol. The summed E-state index contributed by atoms with van der Waals surface area (Å²) in [5, 5.41) is 11.1. The highest BCUT2D eigenvalue weighted by molar-refractivity contribution is 5.76. The Hall–Kier alpha value is -3.68. The van der Waals surface area contributed by atoms with Crippen molar-refractivity contribution in [1.82, 2.24) is 20.5 Å². The number of methoxy groups -OCH3 is 1. The maximum absolute atomic E-state index is 12.5. The lowest BCUT2D eigenvalue weighted by Crippen LogP contribution is -2.25. The summed E-state index contributed by atoms with van der Waals surface area (Å²) < 4.78 is 11.3. The molecule has 8 heteroatoms. The summed E-state index contributed by atoms with van der Waals surface area (Å²) in [7, 11) is 1.56. The van der Waals surface area contributed by atoms with Crippen LogP contribution in [0.2, 0.25) is 0 Å². The Morgan fingerprint density at radius 2 is 1.97 bits per heavy atom. The Balaban J connectivity index is 1.62. The number of benzene rings is 2. The van der Waals surface area contributed by atoms with E-state index in [-0.39, 0.29) is 36.1 Å². The molecule has 0 aliphatic rings. The molecule has 0 bridgehead atoms. The fourth-order valence-electron chi connectivity index (χ4n) is 3.21. The van der Waals surface area contributed by atoms with Crippen LogP contribution in [0.15, 0.2) is 47.3 Å². The van der Waals surface area contributed by atoms with Crippen LogP contribution in [0.3, 0.4) is 0 Å². The zero-order valence-corrected chi connectivity index (χ0v) is 19.5. The van der Waals surface area contributed by atoms with Gasteiger partial charge in [-0.1, -0.05) is 36.8 Å². The van der Waals surface area contributed by atoms with Gasteiger partial charge in [0.2, 0.25) is 5.91 Å². The molecule has 1 atom stereocenters. The molecule has 0 aliphatic heterocycles. The summed E-state index contributed by atoms with van der Waals surface area (Å²) in [6.45, 7) is 6.48. The number of nitrogens with zero attached hydrogens (tertiary/aromatic N) is 2. The number of hydrogen-bond acceptors (Lipinski definition) is 6. The number of aryl methyl sites for hydroxylation is 2. The van der Waals surface area contributed by atoms with Crippen molar-refractivity contribution in [3.63, 3.8) is 0 Å². The number of aromatic nitrogens is 3. The number of amides is 1. The summed E-state index contributed by atoms with van der Waals surface area (Å²) in [6.07, 6.45) is 1.28. The zero-order valence-electron chi connectivity index (χ0n) is 19.5. The van der Waals surface area contributed by atoms with Gasteiger partial charge in [0, 0.05) is 24.9 Å². The van der Waals surface area contributed by atoms with E-state index in [4.69, 9.17) is 9.47 Å². The second-order valence-corrected chi connectivity index (χ2v) is 7.92. The molecule has 1 unspecified atom stereocenters. The van der Waals surface area contributed by atoms with Crippen molar-refractivity contribution in [2.24, 2.45) is 0 Å². The van der Waals surface area contributed by atoms with Crippen molar-refractivity contribution < 1.29 is 14.3 Å². The standard InChI is InChI=1S/C25H30N4O4/c1-5-17(3)33-21-11-9-19(14-22(21)32-4)24-27-25(31)20(28-29-24)10-12-23(30)26-15-18-8-6-7-16(2)13-18/h6-9,11,13-14,17H,5,10,12,15H2,1-4H3,(H,26,30)(H,27,29,31). The molecule has 0 fully saturated rings. The number of nitrogens with one attached hydrogen (secondary N) is 2. The van der Waals surface area contributed by atoms with Crippen LogP contribution < -0.4 is 20.3 Å². The van der Waals surface area contributed by atoms with Crippen molar-refractivity contribution in [2.75, 3.05) is 7.11 Å². The Kier molecular flexibility index (Phi) is 8.18. The molecule has 2 N–H and O–H groups in total. The lowest BCUT2D eigenvalue weighted by molar-refractivity contribution is -0.121. The van der Waals surface area contributed by atoms with Crippen molar-refractivity contribution in [2.45, 2.75) is 52.7 Å². The summed E-state index contributed by atoms with van der Waals surface area (Å²) in [5.41, 5.74) is 2.66. The van der Waals surface area contributed by atoms with Gasteiger partial charge in [-0.15, -0.1) is 10.2 Å². The van der Waals surface area contributed by atoms with Gasteiger partial charge < -0.3 is 19.8 Å². The van der Waals surface area contributed by atoms with E-state index in [1.807, 2.05) is 45.0 Å². The molecule has 1 amide bonds. The molecule has 3 rings (SSSR count). The van der Waals surface area contributed by atoms with Crippen LogP contribution in [-0.4, -0.2) is 34.3 Å². The van der Waals surface area contributed by atoms with Crippen LogP contribution in [0.1, 0.15) is 43.5 Å². The number of H-pyrrole nitrogens is 1. The average Bonchev–Trinajstić information content (AvgIpc) is 2.82. The van der Waals surface area contributed by atoms with E-state index in [1.165, 1.54) is 0 Å². The number of hydrogen-bond donors (Lipinski definition) is 2. The van der Waals surface area contributed by atoms with E-state index < -0.39 is 0 Å². The number of carbonyl (C=O) groups excluding carboxylic acids is 1. The topological polar surface area (TPSA) is 106 Å². The molecule has 33 heavy (non-hydrogen) atoms. The normalized spacial score (nSPS) is 11.6. The van der Waals surface area contributed by atoms with Crippen molar-refractivity contribution in [3.05, 3.63) is 69.6 Å². The van der Waals surface area contributed by atoms with E-state index in [0.717, 1.165) is 17.5 Å². The molecule has 1 heterocycles. The van der Waals surface area contributed by atoms with Crippen LogP contribution in [0, 0.1) is 6.92 Å². The first kappa shape index (κ1) is 24.0. The minimum atomic E-state index is -0.370. The second kappa shape index (κ2) is 11.3. The molecular formula is C25H30N4O4. The predicted octanol–water partition coefficient (Wildman–Crippen LogP) is 3.58. The van der Waals surface area contributed by atoms with Crippen molar-refractivity contribution >= 4 is 5.91 Å². The number of aromatic amines is 1. The van der Waals surface area contributed by atoms with Gasteiger partial charge in [-0.05, 0) is 44.0 Å². The quantitative estimate of drug-likeness (QED) is 0.489. The summed E-state index contributed by atoms with van der Waals surface area (Å²) in [5.74, 6) is 1.34. The molecule has 0 saturated heterocycles. The van der Waals surface area contributed by atoms with Gasteiger partial charge in [0.05, 0.1) is 13.2 Å². The zero-order chi connectivity index (χ0) is 23.8. The van der Waals surface area contributed by atoms with Gasteiger partial charge in [0.1, 0.15) is 5.69 Å². The highest BCUT2D eigenvalue weighted by Gasteiger charge is 2.13. The fraction of sp³-hybridized carbons (Fsp3) is 0.360. The largest absolute Gasteiger partial charge is 0.493 e. The van der Waals surface area contributed by atoms with E-state index in [1.54, 1.807) is 25.3 Å². The molecule has 0 aliphatic carbocycles. The highest BCUT2D eigenvalue weighted by Crippen LogP contribution is 2.32. The molecule has 0 radical (unpaired) electrons. The predicted molar refractivity (Wildman–Crippen MR) is 126 cm³/mol. The first-order valence-corrected chi connectivity index (χ1v) is 11.0. The van der Waals surface area contributed by atoms with Gasteiger partial charge >= 0.3 is 0 Å².